The summed E-state index contributed by atoms with van der Waals surface area (Å²) in [5.74, 6) is 0.461. The Bertz CT molecular complexity index is 498. The Morgan fingerprint density at radius 2 is 2.10 bits per heavy atom. The Hall–Kier alpha value is -1.10. The average Bonchev–Trinajstić information content (AvgIpc) is 2.83. The number of carboxylic acid groups (broad SMARTS) is 1. The van der Waals surface area contributed by atoms with Crippen molar-refractivity contribution < 1.29 is 9.90 Å². The third kappa shape index (κ3) is 2.68. The van der Waals surface area contributed by atoms with Gasteiger partial charge in [0.15, 0.2) is 5.13 Å². The Labute approximate surface area is 124 Å². The number of nitrogens with zero attached hydrogens (tertiary/aromatic N) is 2. The SMILES string of the molecule is CC1CC(C)C(C)N(c2nc(C(C)(C)C(=O)O)cs2)C1. The lowest BCUT2D eigenvalue weighted by atomic mass is 9.86. The van der Waals surface area contributed by atoms with Crippen LogP contribution in [0.3, 0.4) is 0 Å². The summed E-state index contributed by atoms with van der Waals surface area (Å²) >= 11 is 1.56. The summed E-state index contributed by atoms with van der Waals surface area (Å²) in [5.41, 5.74) is -0.270. The summed E-state index contributed by atoms with van der Waals surface area (Å²) in [7, 11) is 0. The second-order valence-electron chi connectivity index (χ2n) is 6.66. The van der Waals surface area contributed by atoms with Gasteiger partial charge in [0, 0.05) is 18.0 Å². The fourth-order valence-electron chi connectivity index (χ4n) is 2.76. The van der Waals surface area contributed by atoms with Crippen molar-refractivity contribution in [1.29, 1.82) is 0 Å². The van der Waals surface area contributed by atoms with Crippen molar-refractivity contribution in [2.45, 2.75) is 52.5 Å². The number of rotatable bonds is 3. The molecule has 2 heterocycles. The molecule has 1 N–H and O–H groups in total. The second-order valence-corrected chi connectivity index (χ2v) is 7.49. The number of hydrogen-bond donors (Lipinski definition) is 1. The van der Waals surface area contributed by atoms with Gasteiger partial charge in [-0.25, -0.2) is 4.98 Å². The van der Waals surface area contributed by atoms with E-state index in [1.54, 1.807) is 25.2 Å². The lowest BCUT2D eigenvalue weighted by Gasteiger charge is -2.41. The van der Waals surface area contributed by atoms with Crippen LogP contribution in [0.1, 0.15) is 46.7 Å². The quantitative estimate of drug-likeness (QED) is 0.929. The number of anilines is 1. The van der Waals surface area contributed by atoms with Crippen LogP contribution in [0.15, 0.2) is 5.38 Å². The van der Waals surface area contributed by atoms with Gasteiger partial charge in [0.1, 0.15) is 5.41 Å². The molecule has 0 spiro atoms. The first-order valence-corrected chi connectivity index (χ1v) is 8.07. The number of carbonyl (C=O) groups is 1. The standard InChI is InChI=1S/C15H24N2O2S/c1-9-6-10(2)11(3)17(7-9)14-16-12(8-20-14)15(4,5)13(18)19/h8-11H,6-7H2,1-5H3,(H,18,19). The highest BCUT2D eigenvalue weighted by Gasteiger charge is 2.35. The molecule has 0 aliphatic carbocycles. The highest BCUT2D eigenvalue weighted by Crippen LogP contribution is 2.35. The van der Waals surface area contributed by atoms with Crippen molar-refractivity contribution in [2.24, 2.45) is 11.8 Å². The molecule has 0 aromatic carbocycles. The van der Waals surface area contributed by atoms with Crippen molar-refractivity contribution in [2.75, 3.05) is 11.4 Å². The molecule has 20 heavy (non-hydrogen) atoms. The molecule has 0 bridgehead atoms. The predicted molar refractivity (Wildman–Crippen MR) is 82.5 cm³/mol. The minimum Gasteiger partial charge on any atom is -0.481 e. The number of hydrogen-bond acceptors (Lipinski definition) is 4. The molecule has 2 rings (SSSR count). The molecule has 0 saturated carbocycles. The monoisotopic (exact) mass is 296 g/mol. The predicted octanol–water partition coefficient (Wildman–Crippen LogP) is 3.38. The van der Waals surface area contributed by atoms with Gasteiger partial charge >= 0.3 is 5.97 Å². The maximum Gasteiger partial charge on any atom is 0.315 e. The van der Waals surface area contributed by atoms with Gasteiger partial charge < -0.3 is 10.0 Å². The van der Waals surface area contributed by atoms with E-state index >= 15 is 0 Å². The summed E-state index contributed by atoms with van der Waals surface area (Å²) in [5, 5.41) is 12.1. The third-order valence-electron chi connectivity index (χ3n) is 4.51. The van der Waals surface area contributed by atoms with Gasteiger partial charge in [-0.1, -0.05) is 13.8 Å². The molecule has 112 valence electrons. The summed E-state index contributed by atoms with van der Waals surface area (Å²) in [6, 6.07) is 0.457. The number of aliphatic carboxylic acids is 1. The summed E-state index contributed by atoms with van der Waals surface area (Å²) in [6.45, 7) is 11.2. The van der Waals surface area contributed by atoms with Gasteiger partial charge in [-0.05, 0) is 39.0 Å². The molecular weight excluding hydrogens is 272 g/mol. The highest BCUT2D eigenvalue weighted by atomic mass is 32.1. The van der Waals surface area contributed by atoms with Crippen molar-refractivity contribution in [1.82, 2.24) is 4.98 Å². The molecular formula is C15H24N2O2S. The largest absolute Gasteiger partial charge is 0.481 e. The Kier molecular flexibility index (Phi) is 4.09. The highest BCUT2D eigenvalue weighted by molar-refractivity contribution is 7.13. The molecule has 3 unspecified atom stereocenters. The van der Waals surface area contributed by atoms with Crippen LogP contribution in [0.5, 0.6) is 0 Å². The van der Waals surface area contributed by atoms with Crippen LogP contribution in [0.2, 0.25) is 0 Å². The first-order chi connectivity index (χ1) is 9.23. The van der Waals surface area contributed by atoms with E-state index in [1.165, 1.54) is 6.42 Å². The number of aromatic nitrogens is 1. The first kappa shape index (κ1) is 15.3. The van der Waals surface area contributed by atoms with E-state index in [4.69, 9.17) is 0 Å². The number of carboxylic acids is 1. The maximum absolute atomic E-state index is 11.3. The lowest BCUT2D eigenvalue weighted by Crippen LogP contribution is -2.45. The fraction of sp³-hybridized carbons (Fsp3) is 0.733. The molecule has 3 atom stereocenters. The van der Waals surface area contributed by atoms with Crippen molar-refractivity contribution in [3.8, 4) is 0 Å². The summed E-state index contributed by atoms with van der Waals surface area (Å²) in [6.07, 6.45) is 1.25. The molecule has 0 amide bonds. The molecule has 1 aliphatic rings. The van der Waals surface area contributed by atoms with Crippen molar-refractivity contribution in [3.63, 3.8) is 0 Å². The van der Waals surface area contributed by atoms with Crippen LogP contribution >= 0.6 is 11.3 Å². The molecule has 1 saturated heterocycles. The van der Waals surface area contributed by atoms with Gasteiger partial charge in [0.25, 0.3) is 0 Å². The smallest absolute Gasteiger partial charge is 0.315 e. The Balaban J connectivity index is 2.26. The van der Waals surface area contributed by atoms with E-state index in [1.807, 2.05) is 5.38 Å². The molecule has 1 aliphatic heterocycles. The zero-order valence-corrected chi connectivity index (χ0v) is 13.7. The van der Waals surface area contributed by atoms with Crippen LogP contribution in [-0.2, 0) is 10.2 Å². The van der Waals surface area contributed by atoms with Crippen molar-refractivity contribution in [3.05, 3.63) is 11.1 Å². The molecule has 4 nitrogen and oxygen atoms in total. The molecule has 1 aromatic heterocycles. The van der Waals surface area contributed by atoms with Gasteiger partial charge in [-0.2, -0.15) is 0 Å². The average molecular weight is 296 g/mol. The van der Waals surface area contributed by atoms with Crippen LogP contribution in [0.4, 0.5) is 5.13 Å². The van der Waals surface area contributed by atoms with E-state index in [-0.39, 0.29) is 0 Å². The number of thiazole rings is 1. The number of piperidine rings is 1. The topological polar surface area (TPSA) is 53.4 Å². The van der Waals surface area contributed by atoms with Gasteiger partial charge in [0.05, 0.1) is 5.69 Å². The zero-order chi connectivity index (χ0) is 15.1. The van der Waals surface area contributed by atoms with E-state index in [2.05, 4.69) is 30.7 Å². The lowest BCUT2D eigenvalue weighted by molar-refractivity contribution is -0.142. The van der Waals surface area contributed by atoms with E-state index < -0.39 is 11.4 Å². The summed E-state index contributed by atoms with van der Waals surface area (Å²) < 4.78 is 0. The second kappa shape index (κ2) is 5.35. The zero-order valence-electron chi connectivity index (χ0n) is 12.9. The molecule has 5 heteroatoms. The molecule has 1 aromatic rings. The normalized spacial score (nSPS) is 27.6. The Morgan fingerprint density at radius 1 is 1.45 bits per heavy atom. The van der Waals surface area contributed by atoms with Crippen molar-refractivity contribution >= 4 is 22.4 Å². The molecule has 1 fully saturated rings. The minimum atomic E-state index is -0.926. The van der Waals surface area contributed by atoms with E-state index in [9.17, 15) is 9.90 Å². The van der Waals surface area contributed by atoms with Crippen LogP contribution in [0, 0.1) is 11.8 Å². The van der Waals surface area contributed by atoms with Gasteiger partial charge in [-0.3, -0.25) is 4.79 Å². The first-order valence-electron chi connectivity index (χ1n) is 7.19. The maximum atomic E-state index is 11.3. The van der Waals surface area contributed by atoms with E-state index in [0.717, 1.165) is 11.7 Å². The minimum absolute atomic E-state index is 0.457. The van der Waals surface area contributed by atoms with Crippen LogP contribution in [0.25, 0.3) is 0 Å². The fourth-order valence-corrected chi connectivity index (χ4v) is 3.85. The van der Waals surface area contributed by atoms with E-state index in [0.29, 0.717) is 23.6 Å². The third-order valence-corrected chi connectivity index (χ3v) is 5.39. The van der Waals surface area contributed by atoms with Crippen LogP contribution in [-0.4, -0.2) is 28.6 Å². The van der Waals surface area contributed by atoms with Gasteiger partial charge in [-0.15, -0.1) is 11.3 Å². The molecule has 0 radical (unpaired) electrons. The Morgan fingerprint density at radius 3 is 2.70 bits per heavy atom. The van der Waals surface area contributed by atoms with Crippen LogP contribution < -0.4 is 4.90 Å². The summed E-state index contributed by atoms with van der Waals surface area (Å²) in [4.78, 5) is 18.3. The van der Waals surface area contributed by atoms with Gasteiger partial charge in [0.2, 0.25) is 0 Å².